The summed E-state index contributed by atoms with van der Waals surface area (Å²) in [4.78, 5) is 29.3. The zero-order valence-electron chi connectivity index (χ0n) is 14.3. The predicted octanol–water partition coefficient (Wildman–Crippen LogP) is 1.12. The van der Waals surface area contributed by atoms with Gasteiger partial charge in [0.05, 0.1) is 12.5 Å². The van der Waals surface area contributed by atoms with Gasteiger partial charge in [-0.15, -0.1) is 0 Å². The summed E-state index contributed by atoms with van der Waals surface area (Å²) in [5.41, 5.74) is 0.571. The molecule has 2 bridgehead atoms. The van der Waals surface area contributed by atoms with Crippen molar-refractivity contribution in [3.05, 3.63) is 23.8 Å². The third kappa shape index (κ3) is 2.93. The Morgan fingerprint density at radius 2 is 2.08 bits per heavy atom. The van der Waals surface area contributed by atoms with Crippen LogP contribution in [0.25, 0.3) is 0 Å². The Morgan fingerprint density at radius 3 is 2.92 bits per heavy atom. The first-order valence-corrected chi connectivity index (χ1v) is 8.65. The normalized spacial score (nSPS) is 24.6. The van der Waals surface area contributed by atoms with E-state index in [9.17, 15) is 9.59 Å². The highest BCUT2D eigenvalue weighted by atomic mass is 16.7. The molecule has 0 saturated carbocycles. The SMILES string of the molecule is COCCN1C(=O)[C@H]2CC[C@@H]1CN(C(=O)c1ccc3c(c1)OCO3)C2. The second-order valence-electron chi connectivity index (χ2n) is 6.73. The molecule has 2 atom stereocenters. The van der Waals surface area contributed by atoms with Crippen molar-refractivity contribution in [3.8, 4) is 11.5 Å². The molecule has 25 heavy (non-hydrogen) atoms. The summed E-state index contributed by atoms with van der Waals surface area (Å²) in [7, 11) is 1.63. The number of carbonyl (C=O) groups excluding carboxylic acids is 2. The van der Waals surface area contributed by atoms with Crippen LogP contribution in [-0.4, -0.2) is 67.8 Å². The second kappa shape index (κ2) is 6.55. The monoisotopic (exact) mass is 346 g/mol. The zero-order valence-corrected chi connectivity index (χ0v) is 14.3. The molecular formula is C18H22N2O5. The molecule has 5 rings (SSSR count). The van der Waals surface area contributed by atoms with Crippen LogP contribution < -0.4 is 9.47 Å². The minimum atomic E-state index is -0.117. The van der Waals surface area contributed by atoms with E-state index < -0.39 is 0 Å². The third-order valence-electron chi connectivity index (χ3n) is 5.24. The van der Waals surface area contributed by atoms with E-state index in [0.29, 0.717) is 43.3 Å². The first-order chi connectivity index (χ1) is 12.2. The van der Waals surface area contributed by atoms with E-state index >= 15 is 0 Å². The smallest absolute Gasteiger partial charge is 0.254 e. The molecule has 134 valence electrons. The maximum atomic E-state index is 13.0. The molecule has 4 aliphatic heterocycles. The quantitative estimate of drug-likeness (QED) is 0.817. The van der Waals surface area contributed by atoms with Gasteiger partial charge in [0.1, 0.15) is 0 Å². The van der Waals surface area contributed by atoms with E-state index in [1.54, 1.807) is 25.3 Å². The maximum Gasteiger partial charge on any atom is 0.254 e. The van der Waals surface area contributed by atoms with E-state index in [1.807, 2.05) is 9.80 Å². The topological polar surface area (TPSA) is 68.3 Å². The summed E-state index contributed by atoms with van der Waals surface area (Å²) in [6.07, 6.45) is 1.78. The highest BCUT2D eigenvalue weighted by molar-refractivity contribution is 5.95. The molecule has 0 aliphatic carbocycles. The number of nitrogens with zero attached hydrogens (tertiary/aromatic N) is 2. The van der Waals surface area contributed by atoms with Gasteiger partial charge in [0.25, 0.3) is 5.91 Å². The van der Waals surface area contributed by atoms with Gasteiger partial charge >= 0.3 is 0 Å². The van der Waals surface area contributed by atoms with Gasteiger partial charge < -0.3 is 24.0 Å². The largest absolute Gasteiger partial charge is 0.454 e. The minimum absolute atomic E-state index is 0.0587. The molecule has 3 fully saturated rings. The maximum absolute atomic E-state index is 13.0. The number of hydrogen-bond acceptors (Lipinski definition) is 5. The van der Waals surface area contributed by atoms with Crippen molar-refractivity contribution in [1.82, 2.24) is 9.80 Å². The summed E-state index contributed by atoms with van der Waals surface area (Å²) in [5, 5.41) is 0. The molecule has 3 saturated heterocycles. The van der Waals surface area contributed by atoms with Gasteiger partial charge in [0.15, 0.2) is 11.5 Å². The molecule has 7 heteroatoms. The van der Waals surface area contributed by atoms with Gasteiger partial charge in [-0.2, -0.15) is 0 Å². The lowest BCUT2D eigenvalue weighted by atomic mass is 9.94. The number of hydrogen-bond donors (Lipinski definition) is 0. The van der Waals surface area contributed by atoms with Crippen LogP contribution in [-0.2, 0) is 9.53 Å². The van der Waals surface area contributed by atoms with Crippen LogP contribution in [0.4, 0.5) is 0 Å². The van der Waals surface area contributed by atoms with Crippen molar-refractivity contribution in [2.45, 2.75) is 18.9 Å². The lowest BCUT2D eigenvalue weighted by Gasteiger charge is -2.35. The van der Waals surface area contributed by atoms with Crippen LogP contribution in [0.5, 0.6) is 11.5 Å². The second-order valence-corrected chi connectivity index (χ2v) is 6.73. The van der Waals surface area contributed by atoms with Crippen LogP contribution in [0.15, 0.2) is 18.2 Å². The summed E-state index contributed by atoms with van der Waals surface area (Å²) < 4.78 is 15.8. The van der Waals surface area contributed by atoms with Gasteiger partial charge in [-0.1, -0.05) is 0 Å². The Bertz CT molecular complexity index is 692. The van der Waals surface area contributed by atoms with E-state index in [-0.39, 0.29) is 30.6 Å². The fraction of sp³-hybridized carbons (Fsp3) is 0.556. The van der Waals surface area contributed by atoms with E-state index in [0.717, 1.165) is 12.8 Å². The molecule has 4 aliphatic rings. The van der Waals surface area contributed by atoms with E-state index in [2.05, 4.69) is 0 Å². The molecule has 0 aromatic heterocycles. The van der Waals surface area contributed by atoms with E-state index in [1.165, 1.54) is 0 Å². The summed E-state index contributed by atoms with van der Waals surface area (Å²) >= 11 is 0. The number of fused-ring (bicyclic) bond motifs is 5. The van der Waals surface area contributed by atoms with Crippen LogP contribution in [0.2, 0.25) is 0 Å². The highest BCUT2D eigenvalue weighted by Crippen LogP contribution is 2.34. The molecule has 0 N–H and O–H groups in total. The highest BCUT2D eigenvalue weighted by Gasteiger charge is 2.41. The van der Waals surface area contributed by atoms with Gasteiger partial charge in [-0.25, -0.2) is 0 Å². The third-order valence-corrected chi connectivity index (χ3v) is 5.24. The number of methoxy groups -OCH3 is 1. The molecule has 1 aromatic carbocycles. The van der Waals surface area contributed by atoms with Gasteiger partial charge in [-0.05, 0) is 31.0 Å². The molecule has 1 aromatic rings. The number of rotatable bonds is 4. The fourth-order valence-electron chi connectivity index (χ4n) is 3.90. The molecule has 7 nitrogen and oxygen atoms in total. The Labute approximate surface area is 146 Å². The van der Waals surface area contributed by atoms with Gasteiger partial charge in [0, 0.05) is 38.3 Å². The average molecular weight is 346 g/mol. The fourth-order valence-corrected chi connectivity index (χ4v) is 3.90. The van der Waals surface area contributed by atoms with Crippen molar-refractivity contribution >= 4 is 11.8 Å². The van der Waals surface area contributed by atoms with Crippen LogP contribution >= 0.6 is 0 Å². The van der Waals surface area contributed by atoms with Crippen molar-refractivity contribution in [1.29, 1.82) is 0 Å². The average Bonchev–Trinajstić information content (AvgIpc) is 2.93. The first-order valence-electron chi connectivity index (χ1n) is 8.65. The molecule has 0 radical (unpaired) electrons. The summed E-state index contributed by atoms with van der Waals surface area (Å²) in [6, 6.07) is 5.31. The summed E-state index contributed by atoms with van der Waals surface area (Å²) in [5.74, 6) is 1.23. The van der Waals surface area contributed by atoms with Crippen molar-refractivity contribution in [2.75, 3.05) is 40.1 Å². The number of ether oxygens (including phenoxy) is 3. The number of amides is 2. The Hall–Kier alpha value is -2.28. The van der Waals surface area contributed by atoms with Crippen LogP contribution in [0.1, 0.15) is 23.2 Å². The first kappa shape index (κ1) is 16.2. The molecule has 0 unspecified atom stereocenters. The lowest BCUT2D eigenvalue weighted by molar-refractivity contribution is -0.140. The number of carbonyl (C=O) groups is 2. The van der Waals surface area contributed by atoms with E-state index in [4.69, 9.17) is 14.2 Å². The number of benzene rings is 1. The van der Waals surface area contributed by atoms with Gasteiger partial charge in [0.2, 0.25) is 12.7 Å². The standard InChI is InChI=1S/C18H22N2O5/c1-23-7-6-20-14-4-2-13(18(20)22)9-19(10-14)17(21)12-3-5-15-16(8-12)25-11-24-15/h3,5,8,13-14H,2,4,6-7,9-11H2,1H3/t13-,14+/m0/s1. The summed E-state index contributed by atoms with van der Waals surface area (Å²) in [6.45, 7) is 2.34. The molecule has 2 amide bonds. The van der Waals surface area contributed by atoms with Crippen LogP contribution in [0.3, 0.4) is 0 Å². The lowest BCUT2D eigenvalue weighted by Crippen LogP contribution is -2.49. The zero-order chi connectivity index (χ0) is 17.4. The number of piperidine rings is 1. The predicted molar refractivity (Wildman–Crippen MR) is 88.6 cm³/mol. The van der Waals surface area contributed by atoms with Gasteiger partial charge in [-0.3, -0.25) is 9.59 Å². The Morgan fingerprint density at radius 1 is 1.24 bits per heavy atom. The van der Waals surface area contributed by atoms with Crippen molar-refractivity contribution in [3.63, 3.8) is 0 Å². The molecule has 0 spiro atoms. The van der Waals surface area contributed by atoms with Crippen LogP contribution in [0, 0.1) is 5.92 Å². The molecule has 4 heterocycles. The Kier molecular flexibility index (Phi) is 4.25. The van der Waals surface area contributed by atoms with Crippen molar-refractivity contribution < 1.29 is 23.8 Å². The minimum Gasteiger partial charge on any atom is -0.454 e. The Balaban J connectivity index is 1.53. The molecular weight excluding hydrogens is 324 g/mol. The van der Waals surface area contributed by atoms with Crippen molar-refractivity contribution in [2.24, 2.45) is 5.92 Å².